The summed E-state index contributed by atoms with van der Waals surface area (Å²) in [5.74, 6) is -0.348. The number of benzene rings is 2. The van der Waals surface area contributed by atoms with Crippen LogP contribution in [0, 0.1) is 5.82 Å². The van der Waals surface area contributed by atoms with Gasteiger partial charge < -0.3 is 5.32 Å². The smallest absolute Gasteiger partial charge is 0.146 e. The number of nitrogens with one attached hydrogen (secondary N) is 1. The second-order valence-electron chi connectivity index (χ2n) is 4.82. The van der Waals surface area contributed by atoms with Crippen LogP contribution in [0.1, 0.15) is 24.1 Å². The van der Waals surface area contributed by atoms with Crippen LogP contribution >= 0.6 is 22.9 Å². The first-order chi connectivity index (χ1) is 10.2. The quantitative estimate of drug-likeness (QED) is 0.679. The molecule has 0 bridgehead atoms. The molecule has 0 saturated carbocycles. The molecule has 3 aromatic rings. The zero-order chi connectivity index (χ0) is 14.8. The lowest BCUT2D eigenvalue weighted by molar-refractivity contribution is 0.561. The molecule has 2 aromatic carbocycles. The first-order valence-electron chi connectivity index (χ1n) is 6.85. The monoisotopic (exact) mass is 319 g/mol. The van der Waals surface area contributed by atoms with Crippen molar-refractivity contribution >= 4 is 33.0 Å². The van der Waals surface area contributed by atoms with Crippen LogP contribution in [0.3, 0.4) is 0 Å². The molecule has 21 heavy (non-hydrogen) atoms. The van der Waals surface area contributed by atoms with Crippen molar-refractivity contribution in [3.63, 3.8) is 0 Å². The van der Waals surface area contributed by atoms with E-state index in [-0.39, 0.29) is 16.9 Å². The molecule has 1 unspecified atom stereocenters. The van der Waals surface area contributed by atoms with Crippen LogP contribution in [-0.2, 0) is 0 Å². The van der Waals surface area contributed by atoms with Crippen molar-refractivity contribution in [3.05, 3.63) is 69.8 Å². The van der Waals surface area contributed by atoms with Crippen molar-refractivity contribution in [2.75, 3.05) is 6.54 Å². The number of halogens is 2. The lowest BCUT2D eigenvalue weighted by atomic mass is 9.97. The molecule has 4 heteroatoms. The van der Waals surface area contributed by atoms with Gasteiger partial charge in [0.05, 0.1) is 11.1 Å². The molecule has 1 heterocycles. The lowest BCUT2D eigenvalue weighted by Gasteiger charge is -2.20. The molecule has 0 aliphatic heterocycles. The fourth-order valence-electron chi connectivity index (χ4n) is 2.58. The second kappa shape index (κ2) is 6.14. The van der Waals surface area contributed by atoms with Crippen LogP contribution in [-0.4, -0.2) is 6.54 Å². The van der Waals surface area contributed by atoms with Crippen LogP contribution in [0.5, 0.6) is 0 Å². The number of rotatable bonds is 4. The van der Waals surface area contributed by atoms with Crippen molar-refractivity contribution in [3.8, 4) is 0 Å². The molecule has 0 radical (unpaired) electrons. The largest absolute Gasteiger partial charge is 0.306 e. The first-order valence-corrected chi connectivity index (χ1v) is 8.11. The van der Waals surface area contributed by atoms with Gasteiger partial charge in [0, 0.05) is 10.3 Å². The normalized spacial score (nSPS) is 12.7. The minimum absolute atomic E-state index is 0.161. The van der Waals surface area contributed by atoms with Gasteiger partial charge in [-0.25, -0.2) is 4.39 Å². The van der Waals surface area contributed by atoms with Gasteiger partial charge in [0.2, 0.25) is 0 Å². The Balaban J connectivity index is 2.18. The van der Waals surface area contributed by atoms with Crippen LogP contribution < -0.4 is 5.32 Å². The fraction of sp³-hybridized carbons (Fsp3) is 0.176. The van der Waals surface area contributed by atoms with E-state index in [1.807, 2.05) is 19.1 Å². The van der Waals surface area contributed by atoms with Gasteiger partial charge in [0.25, 0.3) is 0 Å². The summed E-state index contributed by atoms with van der Waals surface area (Å²) >= 11 is 7.62. The van der Waals surface area contributed by atoms with Gasteiger partial charge in [-0.2, -0.15) is 0 Å². The second-order valence-corrected chi connectivity index (χ2v) is 6.14. The van der Waals surface area contributed by atoms with Crippen molar-refractivity contribution in [2.24, 2.45) is 0 Å². The molecule has 0 fully saturated rings. The predicted molar refractivity (Wildman–Crippen MR) is 88.8 cm³/mol. The van der Waals surface area contributed by atoms with E-state index in [1.165, 1.54) is 10.1 Å². The Morgan fingerprint density at radius 3 is 2.71 bits per heavy atom. The highest BCUT2D eigenvalue weighted by atomic mass is 35.5. The van der Waals surface area contributed by atoms with E-state index in [1.54, 1.807) is 29.5 Å². The zero-order valence-corrected chi connectivity index (χ0v) is 13.1. The van der Waals surface area contributed by atoms with Crippen molar-refractivity contribution in [1.29, 1.82) is 0 Å². The predicted octanol–water partition coefficient (Wildman–Crippen LogP) is 5.39. The van der Waals surface area contributed by atoms with E-state index in [9.17, 15) is 4.39 Å². The van der Waals surface area contributed by atoms with Gasteiger partial charge >= 0.3 is 0 Å². The number of fused-ring (bicyclic) bond motifs is 1. The van der Waals surface area contributed by atoms with Crippen LogP contribution in [0.15, 0.2) is 47.8 Å². The molecule has 1 N–H and O–H groups in total. The summed E-state index contributed by atoms with van der Waals surface area (Å²) in [6, 6.07) is 13.2. The first kappa shape index (κ1) is 14.5. The SMILES string of the molecule is CCNC(c1cccc(Cl)c1F)c1cccc2ccsc12. The number of hydrogen-bond donors (Lipinski definition) is 1. The van der Waals surface area contributed by atoms with E-state index < -0.39 is 0 Å². The molecule has 0 saturated heterocycles. The minimum Gasteiger partial charge on any atom is -0.306 e. The average Bonchev–Trinajstić information content (AvgIpc) is 2.97. The molecule has 0 amide bonds. The maximum atomic E-state index is 14.4. The van der Waals surface area contributed by atoms with E-state index in [0.29, 0.717) is 5.56 Å². The molecule has 0 aliphatic rings. The standard InChI is InChI=1S/C17H15ClFNS/c1-2-20-16(12-6-4-8-14(18)15(12)19)13-7-3-5-11-9-10-21-17(11)13/h3-10,16,20H,2H2,1H3. The van der Waals surface area contributed by atoms with Gasteiger partial charge in [-0.3, -0.25) is 0 Å². The average molecular weight is 320 g/mol. The lowest BCUT2D eigenvalue weighted by Crippen LogP contribution is -2.23. The molecular formula is C17H15ClFNS. The summed E-state index contributed by atoms with van der Waals surface area (Å²) < 4.78 is 15.6. The Hall–Kier alpha value is -1.42. The topological polar surface area (TPSA) is 12.0 Å². The highest BCUT2D eigenvalue weighted by molar-refractivity contribution is 7.17. The van der Waals surface area contributed by atoms with Gasteiger partial charge in [-0.15, -0.1) is 11.3 Å². The molecule has 0 spiro atoms. The Bertz CT molecular complexity index is 768. The van der Waals surface area contributed by atoms with Crippen LogP contribution in [0.25, 0.3) is 10.1 Å². The molecule has 108 valence electrons. The maximum absolute atomic E-state index is 14.4. The molecule has 1 aromatic heterocycles. The Labute approximate surface area is 132 Å². The minimum atomic E-state index is -0.348. The third-order valence-electron chi connectivity index (χ3n) is 3.52. The Morgan fingerprint density at radius 2 is 1.90 bits per heavy atom. The summed E-state index contributed by atoms with van der Waals surface area (Å²) in [7, 11) is 0. The van der Waals surface area contributed by atoms with E-state index in [0.717, 1.165) is 12.1 Å². The van der Waals surface area contributed by atoms with Crippen molar-refractivity contribution in [2.45, 2.75) is 13.0 Å². The van der Waals surface area contributed by atoms with E-state index in [4.69, 9.17) is 11.6 Å². The Morgan fingerprint density at radius 1 is 1.14 bits per heavy atom. The van der Waals surface area contributed by atoms with Crippen LogP contribution in [0.2, 0.25) is 5.02 Å². The summed E-state index contributed by atoms with van der Waals surface area (Å²) in [5, 5.41) is 6.78. The van der Waals surface area contributed by atoms with Crippen LogP contribution in [0.4, 0.5) is 4.39 Å². The van der Waals surface area contributed by atoms with Crippen molar-refractivity contribution in [1.82, 2.24) is 5.32 Å². The van der Waals surface area contributed by atoms with Gasteiger partial charge in [0.15, 0.2) is 0 Å². The van der Waals surface area contributed by atoms with E-state index >= 15 is 0 Å². The van der Waals surface area contributed by atoms with Gasteiger partial charge in [-0.05, 0) is 35.0 Å². The summed E-state index contributed by atoms with van der Waals surface area (Å²) in [4.78, 5) is 0. The van der Waals surface area contributed by atoms with Gasteiger partial charge in [0.1, 0.15) is 5.82 Å². The molecule has 3 rings (SSSR count). The maximum Gasteiger partial charge on any atom is 0.146 e. The Kier molecular flexibility index (Phi) is 4.24. The number of hydrogen-bond acceptors (Lipinski definition) is 2. The molecule has 0 aliphatic carbocycles. The summed E-state index contributed by atoms with van der Waals surface area (Å²) in [6.45, 7) is 2.77. The molecular weight excluding hydrogens is 305 g/mol. The third-order valence-corrected chi connectivity index (χ3v) is 4.79. The third kappa shape index (κ3) is 2.69. The molecule has 1 nitrogen and oxygen atoms in total. The van der Waals surface area contributed by atoms with Gasteiger partial charge in [-0.1, -0.05) is 48.9 Å². The fourth-order valence-corrected chi connectivity index (χ4v) is 3.71. The number of thiophene rings is 1. The van der Waals surface area contributed by atoms with Crippen molar-refractivity contribution < 1.29 is 4.39 Å². The highest BCUT2D eigenvalue weighted by Gasteiger charge is 2.20. The van der Waals surface area contributed by atoms with E-state index in [2.05, 4.69) is 22.8 Å². The summed E-state index contributed by atoms with van der Waals surface area (Å²) in [6.07, 6.45) is 0. The molecule has 1 atom stereocenters. The summed E-state index contributed by atoms with van der Waals surface area (Å²) in [5.41, 5.74) is 1.68. The zero-order valence-electron chi connectivity index (χ0n) is 11.6. The highest BCUT2D eigenvalue weighted by Crippen LogP contribution is 2.34.